The Morgan fingerprint density at radius 2 is 1.68 bits per heavy atom. The molecule has 14 heteroatoms. The van der Waals surface area contributed by atoms with Crippen molar-refractivity contribution in [2.24, 2.45) is 17.2 Å². The highest BCUT2D eigenvalue weighted by molar-refractivity contribution is 6.61. The maximum absolute atomic E-state index is 13.4. The van der Waals surface area contributed by atoms with Gasteiger partial charge in [0.15, 0.2) is 5.78 Å². The number of nitrogens with one attached hydrogen (secondary N) is 1. The Hall–Kier alpha value is -3.30. The van der Waals surface area contributed by atoms with Crippen LogP contribution in [0.3, 0.4) is 0 Å². The molecule has 0 aliphatic carbocycles. The lowest BCUT2D eigenvalue weighted by Gasteiger charge is -2.23. The van der Waals surface area contributed by atoms with Crippen LogP contribution in [0, 0.1) is 0 Å². The van der Waals surface area contributed by atoms with Crippen molar-refractivity contribution in [3.05, 3.63) is 64.7 Å². The summed E-state index contributed by atoms with van der Waals surface area (Å²) in [5, 5.41) is 12.6. The summed E-state index contributed by atoms with van der Waals surface area (Å²) in [6.45, 7) is 1.37. The van der Waals surface area contributed by atoms with E-state index in [-0.39, 0.29) is 51.3 Å². The second-order valence-electron chi connectivity index (χ2n) is 9.90. The van der Waals surface area contributed by atoms with Crippen molar-refractivity contribution in [1.29, 1.82) is 0 Å². The van der Waals surface area contributed by atoms with E-state index in [0.29, 0.717) is 29.7 Å². The lowest BCUT2D eigenvalue weighted by Crippen LogP contribution is -2.50. The number of hydrogen-bond donors (Lipinski definition) is 5. The largest absolute Gasteiger partial charge is 0.491 e. The number of alkyl halides is 3. The molecule has 0 saturated carbocycles. The third kappa shape index (κ3) is 9.10. The highest BCUT2D eigenvalue weighted by atomic mass is 19.4. The summed E-state index contributed by atoms with van der Waals surface area (Å²) >= 11 is 0. The van der Waals surface area contributed by atoms with Crippen LogP contribution in [-0.2, 0) is 44.7 Å². The average molecular weight is 577 g/mol. The van der Waals surface area contributed by atoms with Crippen molar-refractivity contribution in [3.63, 3.8) is 0 Å². The van der Waals surface area contributed by atoms with E-state index in [2.05, 4.69) is 5.32 Å². The molecule has 1 aliphatic heterocycles. The van der Waals surface area contributed by atoms with E-state index < -0.39 is 42.6 Å². The summed E-state index contributed by atoms with van der Waals surface area (Å²) in [5.74, 6) is -1.35. The van der Waals surface area contributed by atoms with Crippen molar-refractivity contribution in [2.75, 3.05) is 26.2 Å². The van der Waals surface area contributed by atoms with Gasteiger partial charge in [0.2, 0.25) is 11.8 Å². The molecule has 0 aromatic heterocycles. The molecule has 8 N–H and O–H groups in total. The van der Waals surface area contributed by atoms with Crippen LogP contribution in [0.15, 0.2) is 42.5 Å². The van der Waals surface area contributed by atoms with E-state index in [1.54, 1.807) is 18.2 Å². The maximum atomic E-state index is 13.4. The number of carbonyl (C=O) groups is 3. The molecule has 0 bridgehead atoms. The van der Waals surface area contributed by atoms with Gasteiger partial charge in [-0.05, 0) is 47.1 Å². The van der Waals surface area contributed by atoms with Gasteiger partial charge in [0.1, 0.15) is 0 Å². The molecule has 1 aliphatic rings. The van der Waals surface area contributed by atoms with Crippen molar-refractivity contribution in [1.82, 2.24) is 10.2 Å². The van der Waals surface area contributed by atoms with Crippen molar-refractivity contribution < 1.29 is 37.2 Å². The predicted octanol–water partition coefficient (Wildman–Crippen LogP) is -0.384. The quantitative estimate of drug-likeness (QED) is 0.189. The van der Waals surface area contributed by atoms with Gasteiger partial charge in [0, 0.05) is 39.0 Å². The van der Waals surface area contributed by atoms with Crippen LogP contribution in [-0.4, -0.2) is 72.9 Å². The van der Waals surface area contributed by atoms with Gasteiger partial charge in [0.25, 0.3) is 0 Å². The zero-order valence-electron chi connectivity index (χ0n) is 22.5. The molecule has 0 saturated heterocycles. The fourth-order valence-electron chi connectivity index (χ4n) is 4.53. The van der Waals surface area contributed by atoms with E-state index in [1.165, 1.54) is 17.0 Å². The number of halogens is 3. The summed E-state index contributed by atoms with van der Waals surface area (Å²) in [6, 6.07) is 7.19. The lowest BCUT2D eigenvalue weighted by atomic mass is 9.78. The van der Waals surface area contributed by atoms with E-state index in [4.69, 9.17) is 21.9 Å². The number of benzene rings is 2. The number of nitrogens with two attached hydrogens (primary N) is 3. The molecule has 0 fully saturated rings. The molecule has 222 valence electrons. The van der Waals surface area contributed by atoms with Gasteiger partial charge < -0.3 is 37.1 Å². The number of amides is 2. The van der Waals surface area contributed by atoms with E-state index in [1.807, 2.05) is 0 Å². The van der Waals surface area contributed by atoms with Crippen molar-refractivity contribution in [3.8, 4) is 0 Å². The Balaban J connectivity index is 1.72. The molecule has 2 aromatic carbocycles. The highest BCUT2D eigenvalue weighted by Gasteiger charge is 2.31. The molecule has 1 heterocycles. The molecule has 2 aromatic rings. The molecule has 41 heavy (non-hydrogen) atoms. The lowest BCUT2D eigenvalue weighted by molar-refractivity contribution is -0.137. The van der Waals surface area contributed by atoms with Crippen LogP contribution in [0.25, 0.3) is 0 Å². The number of Topliss-reactive ketones (excluding diaryl/α,β-unsaturated/α-hetero) is 1. The Labute approximate surface area is 236 Å². The summed E-state index contributed by atoms with van der Waals surface area (Å²) in [7, 11) is -1.10. The third-order valence-corrected chi connectivity index (χ3v) is 6.83. The Morgan fingerprint density at radius 1 is 1.05 bits per heavy atom. The Morgan fingerprint density at radius 3 is 2.29 bits per heavy atom. The zero-order valence-corrected chi connectivity index (χ0v) is 22.5. The number of rotatable bonds is 14. The monoisotopic (exact) mass is 577 g/mol. The number of carbonyl (C=O) groups excluding carboxylic acids is 3. The smallest absolute Gasteiger partial charge is 0.423 e. The van der Waals surface area contributed by atoms with Crippen LogP contribution in [0.5, 0.6) is 0 Å². The van der Waals surface area contributed by atoms with Gasteiger partial charge in [-0.2, -0.15) is 13.2 Å². The topological polar surface area (TPSA) is 174 Å². The summed E-state index contributed by atoms with van der Waals surface area (Å²) in [4.78, 5) is 40.3. The van der Waals surface area contributed by atoms with Crippen LogP contribution in [0.2, 0.25) is 0 Å². The minimum absolute atomic E-state index is 0.000209. The second kappa shape index (κ2) is 14.6. The first-order valence-corrected chi connectivity index (χ1v) is 13.3. The van der Waals surface area contributed by atoms with E-state index in [0.717, 1.165) is 17.7 Å². The minimum atomic E-state index is -4.52. The predicted molar refractivity (Wildman–Crippen MR) is 147 cm³/mol. The van der Waals surface area contributed by atoms with Gasteiger partial charge in [-0.25, -0.2) is 0 Å². The van der Waals surface area contributed by atoms with Crippen LogP contribution in [0.1, 0.15) is 35.1 Å². The third-order valence-electron chi connectivity index (χ3n) is 6.83. The highest BCUT2D eigenvalue weighted by Crippen LogP contribution is 2.29. The molecule has 3 rings (SSSR count). The summed E-state index contributed by atoms with van der Waals surface area (Å²) in [6.07, 6.45) is -4.75. The normalized spacial score (nSPS) is 14.4. The number of ketones is 1. The van der Waals surface area contributed by atoms with Gasteiger partial charge in [-0.15, -0.1) is 0 Å². The first-order chi connectivity index (χ1) is 19.4. The summed E-state index contributed by atoms with van der Waals surface area (Å²) < 4.78 is 44.2. The zero-order chi connectivity index (χ0) is 30.2. The van der Waals surface area contributed by atoms with E-state index >= 15 is 0 Å². The number of fused-ring (bicyclic) bond motifs is 1. The fourth-order valence-corrected chi connectivity index (χ4v) is 4.53. The summed E-state index contributed by atoms with van der Waals surface area (Å²) in [5.41, 5.74) is 18.6. The standard InChI is InChI=1S/C27H35BF3N5O5/c29-27(30,31)20-5-2-17(3-6-20)14-23(24(37)15-18-1-4-19-16-41-28(40)21(19)13-18)35-26(39)22(34)7-8-25(38)36(11-9-32)12-10-33/h1-6,13,22-23,40H,7-12,14-16,32-34H2,(H,35,39)/t22-,23+/m0/s1. The SMILES string of the molecule is NCCN(CCN)C(=O)CC[C@H](N)C(=O)N[C@H](Cc1ccc(C(F)(F)F)cc1)C(=O)Cc1ccc2c(c1)B(O)OC2. The van der Waals surface area contributed by atoms with Crippen molar-refractivity contribution in [2.45, 2.75) is 50.6 Å². The Bertz CT molecular complexity index is 1210. The average Bonchev–Trinajstić information content (AvgIpc) is 3.30. The molecule has 2 amide bonds. The van der Waals surface area contributed by atoms with Crippen LogP contribution >= 0.6 is 0 Å². The van der Waals surface area contributed by atoms with Crippen LogP contribution < -0.4 is 28.0 Å². The first-order valence-electron chi connectivity index (χ1n) is 13.3. The first kappa shape index (κ1) is 32.2. The molecule has 10 nitrogen and oxygen atoms in total. The van der Waals surface area contributed by atoms with Gasteiger partial charge in [0.05, 0.1) is 24.3 Å². The molecule has 0 spiro atoms. The van der Waals surface area contributed by atoms with E-state index in [9.17, 15) is 32.6 Å². The van der Waals surface area contributed by atoms with Gasteiger partial charge in [-0.3, -0.25) is 14.4 Å². The van der Waals surface area contributed by atoms with Crippen LogP contribution in [0.4, 0.5) is 13.2 Å². The maximum Gasteiger partial charge on any atom is 0.491 e. The van der Waals surface area contributed by atoms with Crippen molar-refractivity contribution >= 4 is 30.2 Å². The van der Waals surface area contributed by atoms with Gasteiger partial charge >= 0.3 is 13.3 Å². The number of hydrogen-bond acceptors (Lipinski definition) is 8. The number of nitrogens with zero attached hydrogens (tertiary/aromatic N) is 1. The Kier molecular flexibility index (Phi) is 11.4. The van der Waals surface area contributed by atoms with Gasteiger partial charge in [-0.1, -0.05) is 30.3 Å². The molecular weight excluding hydrogens is 542 g/mol. The molecular formula is C27H35BF3N5O5. The molecule has 0 unspecified atom stereocenters. The second-order valence-corrected chi connectivity index (χ2v) is 9.90. The minimum Gasteiger partial charge on any atom is -0.423 e. The molecule has 0 radical (unpaired) electrons. The molecule has 2 atom stereocenters. The fraction of sp³-hybridized carbons (Fsp3) is 0.444.